The number of ether oxygens (including phenoxy) is 1. The zero-order valence-electron chi connectivity index (χ0n) is 11.5. The lowest BCUT2D eigenvalue weighted by molar-refractivity contribution is 0.0825. The molecule has 0 spiro atoms. The zero-order chi connectivity index (χ0) is 14.4. The number of hydrogen-bond donors (Lipinski definition) is 1. The van der Waals surface area contributed by atoms with Gasteiger partial charge in [-0.2, -0.15) is 0 Å². The second-order valence-electron chi connectivity index (χ2n) is 4.53. The maximum Gasteiger partial charge on any atom is 0.143 e. The van der Waals surface area contributed by atoms with Gasteiger partial charge in [0.1, 0.15) is 11.6 Å². The third kappa shape index (κ3) is 4.51. The molecule has 0 heterocycles. The topological polar surface area (TPSA) is 21.3 Å². The van der Waals surface area contributed by atoms with E-state index in [1.54, 1.807) is 7.11 Å². The van der Waals surface area contributed by atoms with Crippen molar-refractivity contribution in [3.63, 3.8) is 0 Å². The highest BCUT2D eigenvalue weighted by Gasteiger charge is 2.21. The standard InChI is InChI=1S/C14H20BrF2NO/c1-4-7-18-13(9(2)19-3)8-10-12(16)6-5-11(15)14(10)17/h5-6,9,13,18H,4,7-8H2,1-3H3. The van der Waals surface area contributed by atoms with E-state index in [0.29, 0.717) is 0 Å². The van der Waals surface area contributed by atoms with E-state index in [1.807, 2.05) is 13.8 Å². The summed E-state index contributed by atoms with van der Waals surface area (Å²) in [6.07, 6.45) is 1.09. The summed E-state index contributed by atoms with van der Waals surface area (Å²) < 4.78 is 33.3. The Labute approximate surface area is 121 Å². The average Bonchev–Trinajstić information content (AvgIpc) is 2.41. The molecule has 0 fully saturated rings. The Morgan fingerprint density at radius 2 is 2.05 bits per heavy atom. The van der Waals surface area contributed by atoms with E-state index in [1.165, 1.54) is 12.1 Å². The number of nitrogens with one attached hydrogen (secondary N) is 1. The molecule has 108 valence electrons. The zero-order valence-corrected chi connectivity index (χ0v) is 13.1. The lowest BCUT2D eigenvalue weighted by atomic mass is 10.0. The number of methoxy groups -OCH3 is 1. The summed E-state index contributed by atoms with van der Waals surface area (Å²) in [7, 11) is 1.60. The van der Waals surface area contributed by atoms with E-state index < -0.39 is 11.6 Å². The molecule has 1 rings (SSSR count). The van der Waals surface area contributed by atoms with Gasteiger partial charge in [0.05, 0.1) is 10.6 Å². The van der Waals surface area contributed by atoms with Crippen LogP contribution in [0.5, 0.6) is 0 Å². The van der Waals surface area contributed by atoms with E-state index in [4.69, 9.17) is 4.74 Å². The third-order valence-corrected chi connectivity index (χ3v) is 3.77. The first-order valence-corrected chi connectivity index (χ1v) is 7.19. The molecular weight excluding hydrogens is 316 g/mol. The predicted octanol–water partition coefficient (Wildman–Crippen LogP) is 3.67. The quantitative estimate of drug-likeness (QED) is 0.767. The van der Waals surface area contributed by atoms with Gasteiger partial charge in [0, 0.05) is 18.7 Å². The SMILES string of the molecule is CCCNC(Cc1c(F)ccc(Br)c1F)C(C)OC. The van der Waals surface area contributed by atoms with E-state index in [9.17, 15) is 8.78 Å². The Morgan fingerprint density at radius 3 is 2.63 bits per heavy atom. The second kappa shape index (κ2) is 7.92. The van der Waals surface area contributed by atoms with E-state index in [2.05, 4.69) is 21.2 Å². The Bertz CT molecular complexity index is 415. The fourth-order valence-corrected chi connectivity index (χ4v) is 2.25. The molecule has 19 heavy (non-hydrogen) atoms. The van der Waals surface area contributed by atoms with Crippen molar-refractivity contribution in [3.8, 4) is 0 Å². The van der Waals surface area contributed by atoms with Gasteiger partial charge in [-0.05, 0) is 54.4 Å². The van der Waals surface area contributed by atoms with Crippen molar-refractivity contribution in [1.29, 1.82) is 0 Å². The van der Waals surface area contributed by atoms with Crippen molar-refractivity contribution in [1.82, 2.24) is 5.32 Å². The van der Waals surface area contributed by atoms with Crippen LogP contribution in [0.4, 0.5) is 8.78 Å². The first kappa shape index (κ1) is 16.5. The summed E-state index contributed by atoms with van der Waals surface area (Å²) in [5.41, 5.74) is 0.0897. The molecule has 2 unspecified atom stereocenters. The summed E-state index contributed by atoms with van der Waals surface area (Å²) >= 11 is 3.08. The van der Waals surface area contributed by atoms with Crippen molar-refractivity contribution in [2.24, 2.45) is 0 Å². The molecule has 2 nitrogen and oxygen atoms in total. The van der Waals surface area contributed by atoms with Crippen LogP contribution in [-0.2, 0) is 11.2 Å². The molecule has 0 radical (unpaired) electrons. The summed E-state index contributed by atoms with van der Waals surface area (Å²) in [6.45, 7) is 4.72. The van der Waals surface area contributed by atoms with Gasteiger partial charge >= 0.3 is 0 Å². The minimum atomic E-state index is -0.536. The lowest BCUT2D eigenvalue weighted by Gasteiger charge is -2.24. The first-order valence-electron chi connectivity index (χ1n) is 6.39. The van der Waals surface area contributed by atoms with Gasteiger partial charge < -0.3 is 10.1 Å². The van der Waals surface area contributed by atoms with Gasteiger partial charge in [-0.15, -0.1) is 0 Å². The Balaban J connectivity index is 2.92. The Hall–Kier alpha value is -0.520. The number of halogens is 3. The van der Waals surface area contributed by atoms with Gasteiger partial charge in [0.25, 0.3) is 0 Å². The van der Waals surface area contributed by atoms with Crippen LogP contribution in [0.15, 0.2) is 16.6 Å². The third-order valence-electron chi connectivity index (χ3n) is 3.16. The molecule has 0 aliphatic heterocycles. The van der Waals surface area contributed by atoms with Gasteiger partial charge in [-0.3, -0.25) is 0 Å². The molecule has 1 aromatic carbocycles. The van der Waals surface area contributed by atoms with Crippen molar-refractivity contribution in [3.05, 3.63) is 33.8 Å². The largest absolute Gasteiger partial charge is 0.380 e. The van der Waals surface area contributed by atoms with Gasteiger partial charge in [-0.25, -0.2) is 8.78 Å². The van der Waals surface area contributed by atoms with Crippen LogP contribution in [-0.4, -0.2) is 25.8 Å². The minimum absolute atomic E-state index is 0.0897. The maximum absolute atomic E-state index is 14.0. The lowest BCUT2D eigenvalue weighted by Crippen LogP contribution is -2.41. The van der Waals surface area contributed by atoms with Crippen molar-refractivity contribution >= 4 is 15.9 Å². The molecule has 1 aromatic rings. The van der Waals surface area contributed by atoms with Crippen molar-refractivity contribution in [2.45, 2.75) is 38.8 Å². The van der Waals surface area contributed by atoms with Gasteiger partial charge in [0.15, 0.2) is 0 Å². The molecule has 2 atom stereocenters. The summed E-state index contributed by atoms with van der Waals surface area (Å²) in [4.78, 5) is 0. The molecule has 0 aromatic heterocycles. The van der Waals surface area contributed by atoms with Crippen molar-refractivity contribution < 1.29 is 13.5 Å². The molecule has 5 heteroatoms. The smallest absolute Gasteiger partial charge is 0.143 e. The molecular formula is C14H20BrF2NO. The first-order chi connectivity index (χ1) is 9.01. The van der Waals surface area contributed by atoms with Crippen LogP contribution in [0.3, 0.4) is 0 Å². The van der Waals surface area contributed by atoms with E-state index in [-0.39, 0.29) is 28.6 Å². The van der Waals surface area contributed by atoms with Crippen LogP contribution in [0, 0.1) is 11.6 Å². The van der Waals surface area contributed by atoms with Gasteiger partial charge in [0.2, 0.25) is 0 Å². The number of rotatable bonds is 7. The van der Waals surface area contributed by atoms with Gasteiger partial charge in [-0.1, -0.05) is 6.92 Å². The highest BCUT2D eigenvalue weighted by molar-refractivity contribution is 9.10. The highest BCUT2D eigenvalue weighted by Crippen LogP contribution is 2.23. The number of benzene rings is 1. The Morgan fingerprint density at radius 1 is 1.37 bits per heavy atom. The van der Waals surface area contributed by atoms with Crippen LogP contribution in [0.2, 0.25) is 0 Å². The summed E-state index contributed by atoms with van der Waals surface area (Å²) in [5.74, 6) is -1.06. The summed E-state index contributed by atoms with van der Waals surface area (Å²) in [5, 5.41) is 3.27. The predicted molar refractivity (Wildman–Crippen MR) is 76.3 cm³/mol. The summed E-state index contributed by atoms with van der Waals surface area (Å²) in [6, 6.07) is 2.53. The minimum Gasteiger partial charge on any atom is -0.380 e. The normalized spacial score (nSPS) is 14.4. The van der Waals surface area contributed by atoms with Crippen LogP contribution < -0.4 is 5.32 Å². The van der Waals surface area contributed by atoms with Crippen LogP contribution >= 0.6 is 15.9 Å². The molecule has 0 bridgehead atoms. The maximum atomic E-state index is 14.0. The Kier molecular flexibility index (Phi) is 6.89. The van der Waals surface area contributed by atoms with Crippen LogP contribution in [0.1, 0.15) is 25.8 Å². The number of hydrogen-bond acceptors (Lipinski definition) is 2. The molecule has 0 amide bonds. The van der Waals surface area contributed by atoms with Crippen LogP contribution in [0.25, 0.3) is 0 Å². The van der Waals surface area contributed by atoms with Crippen molar-refractivity contribution in [2.75, 3.05) is 13.7 Å². The molecule has 1 N–H and O–H groups in total. The monoisotopic (exact) mass is 335 g/mol. The van der Waals surface area contributed by atoms with E-state index >= 15 is 0 Å². The molecule has 0 aliphatic rings. The average molecular weight is 336 g/mol. The fourth-order valence-electron chi connectivity index (χ4n) is 1.87. The molecule has 0 saturated heterocycles. The molecule has 0 aliphatic carbocycles. The fraction of sp³-hybridized carbons (Fsp3) is 0.571. The molecule has 0 saturated carbocycles. The highest BCUT2D eigenvalue weighted by atomic mass is 79.9. The second-order valence-corrected chi connectivity index (χ2v) is 5.38. The van der Waals surface area contributed by atoms with E-state index in [0.717, 1.165) is 13.0 Å².